The number of carbonyl (C=O) groups is 1. The number of piperidine rings is 1. The molecule has 2 bridgehead atoms. The number of thiophene rings is 1. The summed E-state index contributed by atoms with van der Waals surface area (Å²) in [6.07, 6.45) is 5.30. The molecule has 1 aliphatic carbocycles. The zero-order chi connectivity index (χ0) is 16.8. The van der Waals surface area contributed by atoms with Crippen molar-refractivity contribution in [3.05, 3.63) is 28.6 Å². The number of hydrogen-bond donors (Lipinski definition) is 1. The number of hydrogen-bond acceptors (Lipinski definition) is 4. The molecule has 25 heavy (non-hydrogen) atoms. The van der Waals surface area contributed by atoms with E-state index in [0.717, 1.165) is 30.3 Å². The molecule has 1 N–H and O–H groups in total. The molecule has 1 saturated carbocycles. The second kappa shape index (κ2) is 6.25. The quantitative estimate of drug-likeness (QED) is 0.916. The van der Waals surface area contributed by atoms with Crippen molar-refractivity contribution < 1.29 is 4.79 Å². The molecule has 2 aromatic rings. The molecule has 1 amide bonds. The van der Waals surface area contributed by atoms with E-state index in [1.807, 2.05) is 17.5 Å². The van der Waals surface area contributed by atoms with Crippen LogP contribution >= 0.6 is 11.3 Å². The van der Waals surface area contributed by atoms with Crippen LogP contribution in [0, 0.1) is 11.8 Å². The van der Waals surface area contributed by atoms with Crippen LogP contribution in [-0.2, 0) is 0 Å². The van der Waals surface area contributed by atoms with E-state index >= 15 is 0 Å². The van der Waals surface area contributed by atoms with Gasteiger partial charge in [0.25, 0.3) is 5.91 Å². The van der Waals surface area contributed by atoms with Crippen LogP contribution in [0.15, 0.2) is 22.9 Å². The minimum absolute atomic E-state index is 0.110. The van der Waals surface area contributed by atoms with Crippen LogP contribution in [0.25, 0.3) is 11.3 Å². The second-order valence-corrected chi connectivity index (χ2v) is 8.66. The molecule has 6 rings (SSSR count). The number of H-pyrrole nitrogens is 1. The maximum atomic E-state index is 13.0. The van der Waals surface area contributed by atoms with Crippen LogP contribution in [0.4, 0.5) is 0 Å². The molecular weight excluding hydrogens is 332 g/mol. The molecule has 3 saturated heterocycles. The molecule has 4 aliphatic rings. The number of rotatable bonds is 4. The van der Waals surface area contributed by atoms with Crippen LogP contribution in [0.2, 0.25) is 0 Å². The smallest absolute Gasteiger partial charge is 0.271 e. The lowest BCUT2D eigenvalue weighted by atomic mass is 9.95. The molecule has 3 aliphatic heterocycles. The number of aromatic nitrogens is 2. The van der Waals surface area contributed by atoms with Crippen molar-refractivity contribution >= 4 is 17.2 Å². The van der Waals surface area contributed by atoms with E-state index < -0.39 is 0 Å². The summed E-state index contributed by atoms with van der Waals surface area (Å²) in [6.45, 7) is 4.18. The largest absolute Gasteiger partial charge is 0.335 e. The summed E-state index contributed by atoms with van der Waals surface area (Å²) in [5, 5.41) is 11.4. The summed E-state index contributed by atoms with van der Waals surface area (Å²) in [5.41, 5.74) is 2.56. The molecule has 5 heterocycles. The minimum Gasteiger partial charge on any atom is -0.335 e. The Hall–Kier alpha value is -1.66. The first-order chi connectivity index (χ1) is 12.3. The lowest BCUT2D eigenvalue weighted by molar-refractivity contribution is 0.0731. The Labute approximate surface area is 152 Å². The van der Waals surface area contributed by atoms with Gasteiger partial charge in [0.15, 0.2) is 0 Å². The second-order valence-electron chi connectivity index (χ2n) is 7.88. The monoisotopic (exact) mass is 356 g/mol. The lowest BCUT2D eigenvalue weighted by Gasteiger charge is -2.36. The van der Waals surface area contributed by atoms with Gasteiger partial charge >= 0.3 is 0 Å². The van der Waals surface area contributed by atoms with Gasteiger partial charge in [0.1, 0.15) is 5.69 Å². The fourth-order valence-electron chi connectivity index (χ4n) is 4.36. The maximum Gasteiger partial charge on any atom is 0.271 e. The van der Waals surface area contributed by atoms with Crippen LogP contribution in [-0.4, -0.2) is 58.1 Å². The fourth-order valence-corrected chi connectivity index (χ4v) is 5.01. The highest BCUT2D eigenvalue weighted by atomic mass is 32.1. The molecule has 0 aromatic carbocycles. The molecule has 132 valence electrons. The molecule has 4 fully saturated rings. The maximum absolute atomic E-state index is 13.0. The zero-order valence-corrected chi connectivity index (χ0v) is 15.2. The van der Waals surface area contributed by atoms with E-state index in [4.69, 9.17) is 0 Å². The summed E-state index contributed by atoms with van der Waals surface area (Å²) in [6, 6.07) is 4.48. The Kier molecular flexibility index (Phi) is 3.90. The van der Waals surface area contributed by atoms with E-state index in [9.17, 15) is 4.79 Å². The predicted octanol–water partition coefficient (Wildman–Crippen LogP) is 3.08. The van der Waals surface area contributed by atoms with Crippen molar-refractivity contribution in [2.24, 2.45) is 11.8 Å². The van der Waals surface area contributed by atoms with Crippen LogP contribution in [0.5, 0.6) is 0 Å². The van der Waals surface area contributed by atoms with E-state index in [2.05, 4.69) is 25.4 Å². The minimum atomic E-state index is 0.110. The number of amides is 1. The molecule has 0 radical (unpaired) electrons. The zero-order valence-electron chi connectivity index (χ0n) is 14.4. The summed E-state index contributed by atoms with van der Waals surface area (Å²) in [4.78, 5) is 17.8. The highest BCUT2D eigenvalue weighted by Crippen LogP contribution is 2.35. The standard InChI is InChI=1S/C19H24N4OS/c24-19(18-7-17(20-21-18)15-5-6-25-12-15)23-10-14-3-4-16(11-23)22(9-14)8-13-1-2-13/h5-7,12-14,16H,1-4,8-11H2,(H,20,21)/t14-,16-/m0/s1. The fraction of sp³-hybridized carbons (Fsp3) is 0.579. The van der Waals surface area contributed by atoms with Gasteiger partial charge in [0.05, 0.1) is 5.69 Å². The number of nitrogens with zero attached hydrogens (tertiary/aromatic N) is 3. The Balaban J connectivity index is 1.32. The molecule has 2 atom stereocenters. The van der Waals surface area contributed by atoms with Crippen molar-refractivity contribution in [1.82, 2.24) is 20.0 Å². The first-order valence-electron chi connectivity index (χ1n) is 9.37. The molecule has 2 aromatic heterocycles. The van der Waals surface area contributed by atoms with Crippen LogP contribution < -0.4 is 0 Å². The van der Waals surface area contributed by atoms with Gasteiger partial charge in [-0.2, -0.15) is 16.4 Å². The SMILES string of the molecule is O=C(c1cc(-c2ccsc2)n[nH]1)N1C[C@H]2CC[C@@H](C1)N(CC1CC1)C2. The van der Waals surface area contributed by atoms with E-state index in [1.165, 1.54) is 38.8 Å². The van der Waals surface area contributed by atoms with Gasteiger partial charge in [-0.25, -0.2) is 0 Å². The van der Waals surface area contributed by atoms with Crippen LogP contribution in [0.1, 0.15) is 36.2 Å². The Bertz CT molecular complexity index is 751. The van der Waals surface area contributed by atoms with Gasteiger partial charge in [0, 0.05) is 43.2 Å². The first kappa shape index (κ1) is 15.6. The van der Waals surface area contributed by atoms with Gasteiger partial charge in [-0.05, 0) is 55.0 Å². The highest BCUT2D eigenvalue weighted by Gasteiger charge is 2.38. The molecule has 0 unspecified atom stereocenters. The van der Waals surface area contributed by atoms with Gasteiger partial charge in [0.2, 0.25) is 0 Å². The lowest BCUT2D eigenvalue weighted by Crippen LogP contribution is -2.45. The van der Waals surface area contributed by atoms with Crippen molar-refractivity contribution in [3.8, 4) is 11.3 Å². The van der Waals surface area contributed by atoms with Gasteiger partial charge in [-0.1, -0.05) is 0 Å². The van der Waals surface area contributed by atoms with E-state index in [1.54, 1.807) is 11.3 Å². The highest BCUT2D eigenvalue weighted by molar-refractivity contribution is 7.08. The molecule has 5 nitrogen and oxygen atoms in total. The van der Waals surface area contributed by atoms with Gasteiger partial charge in [-0.15, -0.1) is 0 Å². The summed E-state index contributed by atoms with van der Waals surface area (Å²) >= 11 is 1.65. The average molecular weight is 356 g/mol. The van der Waals surface area contributed by atoms with Gasteiger partial charge in [-0.3, -0.25) is 14.8 Å². The summed E-state index contributed by atoms with van der Waals surface area (Å²) in [5.74, 6) is 1.66. The number of nitrogens with one attached hydrogen (secondary N) is 1. The molecule has 0 spiro atoms. The van der Waals surface area contributed by atoms with Crippen molar-refractivity contribution in [3.63, 3.8) is 0 Å². The van der Waals surface area contributed by atoms with Crippen molar-refractivity contribution in [1.29, 1.82) is 0 Å². The molecular formula is C19H24N4OS. The third-order valence-electron chi connectivity index (χ3n) is 5.93. The van der Waals surface area contributed by atoms with Gasteiger partial charge < -0.3 is 4.90 Å². The van der Waals surface area contributed by atoms with Crippen molar-refractivity contribution in [2.45, 2.75) is 31.7 Å². The first-order valence-corrected chi connectivity index (χ1v) is 10.3. The Morgan fingerprint density at radius 2 is 2.16 bits per heavy atom. The van der Waals surface area contributed by atoms with Crippen LogP contribution in [0.3, 0.4) is 0 Å². The van der Waals surface area contributed by atoms with E-state index in [0.29, 0.717) is 17.7 Å². The number of aromatic amines is 1. The Morgan fingerprint density at radius 1 is 1.24 bits per heavy atom. The predicted molar refractivity (Wildman–Crippen MR) is 98.6 cm³/mol. The topological polar surface area (TPSA) is 52.2 Å². The number of fused-ring (bicyclic) bond motifs is 4. The normalized spacial score (nSPS) is 26.8. The Morgan fingerprint density at radius 3 is 2.96 bits per heavy atom. The third kappa shape index (κ3) is 3.13. The summed E-state index contributed by atoms with van der Waals surface area (Å²) < 4.78 is 0. The number of carbonyl (C=O) groups excluding carboxylic acids is 1. The summed E-state index contributed by atoms with van der Waals surface area (Å²) in [7, 11) is 0. The van der Waals surface area contributed by atoms with Crippen molar-refractivity contribution in [2.75, 3.05) is 26.2 Å². The average Bonchev–Trinajstić information content (AvgIpc) is 3.15. The van der Waals surface area contributed by atoms with E-state index in [-0.39, 0.29) is 5.91 Å². The third-order valence-corrected chi connectivity index (χ3v) is 6.61. The molecule has 6 heteroatoms.